The van der Waals surface area contributed by atoms with Gasteiger partial charge in [-0.05, 0) is 44.7 Å². The van der Waals surface area contributed by atoms with Gasteiger partial charge in [-0.1, -0.05) is 24.6 Å². The molecule has 0 aliphatic carbocycles. The lowest BCUT2D eigenvalue weighted by Crippen LogP contribution is -2.50. The number of hydrogen-bond acceptors (Lipinski definition) is 3. The second-order valence-corrected chi connectivity index (χ2v) is 9.34. The van der Waals surface area contributed by atoms with E-state index in [2.05, 4.69) is 15.6 Å². The second kappa shape index (κ2) is 11.0. The fourth-order valence-electron chi connectivity index (χ4n) is 3.23. The molecule has 9 heteroatoms. The predicted octanol–water partition coefficient (Wildman–Crippen LogP) is 2.78. The molecule has 1 aromatic carbocycles. The van der Waals surface area contributed by atoms with Crippen LogP contribution in [-0.2, 0) is 16.4 Å². The largest absolute Gasteiger partial charge is 0.357 e. The van der Waals surface area contributed by atoms with Crippen molar-refractivity contribution in [2.45, 2.75) is 45.6 Å². The van der Waals surface area contributed by atoms with Crippen LogP contribution in [-0.4, -0.2) is 56.7 Å². The molecule has 1 saturated heterocycles. The molecule has 0 spiro atoms. The lowest BCUT2D eigenvalue weighted by atomic mass is 10.1. The molecule has 158 valence electrons. The van der Waals surface area contributed by atoms with Gasteiger partial charge in [0.2, 0.25) is 10.0 Å². The summed E-state index contributed by atoms with van der Waals surface area (Å²) < 4.78 is 39.8. The number of piperidine rings is 1. The zero-order valence-electron chi connectivity index (χ0n) is 16.5. The maximum absolute atomic E-state index is 13.9. The summed E-state index contributed by atoms with van der Waals surface area (Å²) in [5.41, 5.74) is 0.471. The average molecular weight is 433 g/mol. The van der Waals surface area contributed by atoms with Crippen molar-refractivity contribution in [2.24, 2.45) is 4.99 Å². The molecule has 1 aliphatic rings. The number of nitrogens with one attached hydrogen (secondary N) is 2. The van der Waals surface area contributed by atoms with Gasteiger partial charge in [0.05, 0.1) is 5.75 Å². The van der Waals surface area contributed by atoms with Gasteiger partial charge in [-0.25, -0.2) is 17.1 Å². The molecule has 1 fully saturated rings. The maximum Gasteiger partial charge on any atom is 0.214 e. The first-order valence-corrected chi connectivity index (χ1v) is 11.8. The minimum Gasteiger partial charge on any atom is -0.357 e. The van der Waals surface area contributed by atoms with Crippen LogP contribution in [0.25, 0.3) is 0 Å². The molecule has 6 nitrogen and oxygen atoms in total. The van der Waals surface area contributed by atoms with Crippen LogP contribution in [0.1, 0.15) is 38.7 Å². The smallest absolute Gasteiger partial charge is 0.214 e. The summed E-state index contributed by atoms with van der Waals surface area (Å²) in [4.78, 5) is 4.52. The van der Waals surface area contributed by atoms with Crippen molar-refractivity contribution in [3.05, 3.63) is 34.6 Å². The molecule has 2 N–H and O–H groups in total. The number of benzene rings is 1. The van der Waals surface area contributed by atoms with Gasteiger partial charge >= 0.3 is 0 Å². The Hall–Kier alpha value is -1.38. The molecule has 2 rings (SSSR count). The molecule has 0 amide bonds. The van der Waals surface area contributed by atoms with E-state index in [0.717, 1.165) is 12.8 Å². The fourth-order valence-corrected chi connectivity index (χ4v) is 5.03. The highest BCUT2D eigenvalue weighted by atomic mass is 35.5. The first-order chi connectivity index (χ1) is 13.4. The van der Waals surface area contributed by atoms with Crippen molar-refractivity contribution < 1.29 is 12.8 Å². The van der Waals surface area contributed by atoms with Crippen LogP contribution in [0.4, 0.5) is 4.39 Å². The minimum atomic E-state index is -3.14. The molecule has 1 aliphatic heterocycles. The van der Waals surface area contributed by atoms with Crippen LogP contribution in [0.15, 0.2) is 23.2 Å². The number of aliphatic imine (C=N–C) groups is 1. The van der Waals surface area contributed by atoms with Crippen LogP contribution in [0, 0.1) is 5.82 Å². The summed E-state index contributed by atoms with van der Waals surface area (Å²) >= 11 is 6.06. The number of guanidine groups is 1. The quantitative estimate of drug-likeness (QED) is 0.489. The first kappa shape index (κ1) is 22.9. The third-order valence-corrected chi connectivity index (χ3v) is 7.12. The van der Waals surface area contributed by atoms with E-state index in [1.165, 1.54) is 6.07 Å². The average Bonchev–Trinajstić information content (AvgIpc) is 2.64. The first-order valence-electron chi connectivity index (χ1n) is 9.83. The Balaban J connectivity index is 1.90. The van der Waals surface area contributed by atoms with E-state index in [1.807, 2.05) is 13.8 Å². The van der Waals surface area contributed by atoms with Crippen molar-refractivity contribution in [3.8, 4) is 0 Å². The Bertz CT molecular complexity index is 745. The van der Waals surface area contributed by atoms with E-state index in [1.54, 1.807) is 16.4 Å². The normalized spacial score (nSPS) is 16.9. The van der Waals surface area contributed by atoms with Crippen molar-refractivity contribution in [3.63, 3.8) is 0 Å². The van der Waals surface area contributed by atoms with Crippen molar-refractivity contribution >= 4 is 27.6 Å². The number of rotatable bonds is 8. The standard InChI is InChI=1S/C19H30ClFN4O2S/c1-3-14-28(26,27)25-12-9-15(10-13-25)24-19(22-4-2)23-11-8-16-17(20)6-5-7-18(16)21/h5-7,15H,3-4,8-14H2,1-2H3,(H2,22,23,24). The van der Waals surface area contributed by atoms with Crippen molar-refractivity contribution in [1.82, 2.24) is 14.9 Å². The topological polar surface area (TPSA) is 73.8 Å². The Kier molecular flexibility index (Phi) is 8.98. The number of nitrogens with zero attached hydrogens (tertiary/aromatic N) is 2. The Morgan fingerprint density at radius 2 is 2.04 bits per heavy atom. The fraction of sp³-hybridized carbons (Fsp3) is 0.632. The van der Waals surface area contributed by atoms with Crippen LogP contribution < -0.4 is 10.6 Å². The molecule has 0 aromatic heterocycles. The van der Waals surface area contributed by atoms with Crippen molar-refractivity contribution in [2.75, 3.05) is 31.9 Å². The molecule has 1 aromatic rings. The van der Waals surface area contributed by atoms with Crippen LogP contribution >= 0.6 is 11.6 Å². The number of sulfonamides is 1. The summed E-state index contributed by atoms with van der Waals surface area (Å²) in [6.07, 6.45) is 2.50. The highest BCUT2D eigenvalue weighted by Crippen LogP contribution is 2.19. The molecule has 0 unspecified atom stereocenters. The summed E-state index contributed by atoms with van der Waals surface area (Å²) in [7, 11) is -3.14. The minimum absolute atomic E-state index is 0.155. The molecule has 28 heavy (non-hydrogen) atoms. The van der Waals surface area contributed by atoms with Gasteiger partial charge in [0.25, 0.3) is 0 Å². The summed E-state index contributed by atoms with van der Waals surface area (Å²) in [6, 6.07) is 4.81. The monoisotopic (exact) mass is 432 g/mol. The van der Waals surface area contributed by atoms with Crippen molar-refractivity contribution in [1.29, 1.82) is 0 Å². The lowest BCUT2D eigenvalue weighted by molar-refractivity contribution is 0.306. The molecular weight excluding hydrogens is 403 g/mol. The number of hydrogen-bond donors (Lipinski definition) is 2. The Morgan fingerprint density at radius 3 is 2.64 bits per heavy atom. The molecule has 0 saturated carbocycles. The SMILES string of the molecule is CCCS(=O)(=O)N1CCC(NC(=NCCc2c(F)cccc2Cl)NCC)CC1. The van der Waals surface area contributed by atoms with Gasteiger partial charge in [-0.3, -0.25) is 4.99 Å². The van der Waals surface area contributed by atoms with Gasteiger partial charge in [0, 0.05) is 42.8 Å². The zero-order valence-corrected chi connectivity index (χ0v) is 18.1. The predicted molar refractivity (Wildman–Crippen MR) is 113 cm³/mol. The van der Waals surface area contributed by atoms with Crippen LogP contribution in [0.3, 0.4) is 0 Å². The van der Waals surface area contributed by atoms with Crippen LogP contribution in [0.5, 0.6) is 0 Å². The van der Waals surface area contributed by atoms with E-state index in [4.69, 9.17) is 11.6 Å². The van der Waals surface area contributed by atoms with Gasteiger partial charge in [0.1, 0.15) is 5.82 Å². The molecule has 0 radical (unpaired) electrons. The highest BCUT2D eigenvalue weighted by Gasteiger charge is 2.27. The third-order valence-electron chi connectivity index (χ3n) is 4.69. The summed E-state index contributed by atoms with van der Waals surface area (Å²) in [5, 5.41) is 6.97. The third kappa shape index (κ3) is 6.60. The maximum atomic E-state index is 13.9. The highest BCUT2D eigenvalue weighted by molar-refractivity contribution is 7.89. The summed E-state index contributed by atoms with van der Waals surface area (Å²) in [5.74, 6) is 0.541. The Labute approximate surface area is 172 Å². The van der Waals surface area contributed by atoms with Gasteiger partial charge in [-0.2, -0.15) is 0 Å². The van der Waals surface area contributed by atoms with E-state index in [9.17, 15) is 12.8 Å². The molecule has 1 heterocycles. The zero-order chi connectivity index (χ0) is 20.6. The summed E-state index contributed by atoms with van der Waals surface area (Å²) in [6.45, 7) is 5.99. The second-order valence-electron chi connectivity index (χ2n) is 6.84. The molecular formula is C19H30ClFN4O2S. The Morgan fingerprint density at radius 1 is 1.32 bits per heavy atom. The van der Waals surface area contributed by atoms with E-state index >= 15 is 0 Å². The van der Waals surface area contributed by atoms with Gasteiger partial charge in [0.15, 0.2) is 5.96 Å². The van der Waals surface area contributed by atoms with Gasteiger partial charge < -0.3 is 10.6 Å². The number of halogens is 2. The molecule has 0 atom stereocenters. The van der Waals surface area contributed by atoms with E-state index < -0.39 is 10.0 Å². The van der Waals surface area contributed by atoms with E-state index in [-0.39, 0.29) is 17.6 Å². The van der Waals surface area contributed by atoms with E-state index in [0.29, 0.717) is 55.6 Å². The molecule has 0 bridgehead atoms. The van der Waals surface area contributed by atoms with Crippen LogP contribution in [0.2, 0.25) is 5.02 Å². The lowest BCUT2D eigenvalue weighted by Gasteiger charge is -2.32. The van der Waals surface area contributed by atoms with Gasteiger partial charge in [-0.15, -0.1) is 0 Å².